The van der Waals surface area contributed by atoms with Gasteiger partial charge in [-0.25, -0.2) is 13.2 Å². The number of benzene rings is 2. The SMILES string of the molecule is C#Cc1c(F)ccc2cccc(-c3ncc4c(N(C)[C@@H]5CCN[C@@H]5C)nc(OC[C@@]56CCCN5C[C@H](F)C6)nc4c3F)c12. The average Bonchev–Trinajstić information content (AvgIpc) is 3.69. The summed E-state index contributed by atoms with van der Waals surface area (Å²) >= 11 is 0. The lowest BCUT2D eigenvalue weighted by atomic mass is 9.95. The van der Waals surface area contributed by atoms with Crippen molar-refractivity contribution in [3.63, 3.8) is 0 Å². The highest BCUT2D eigenvalue weighted by Gasteiger charge is 2.49. The van der Waals surface area contributed by atoms with Gasteiger partial charge in [0, 0.05) is 49.2 Å². The van der Waals surface area contributed by atoms with Crippen molar-refractivity contribution in [1.29, 1.82) is 0 Å². The molecular formula is C33H33F3N6O. The number of alkyl halides is 1. The Bertz CT molecular complexity index is 1780. The molecule has 0 amide bonds. The molecule has 2 aromatic heterocycles. The highest BCUT2D eigenvalue weighted by atomic mass is 19.1. The van der Waals surface area contributed by atoms with E-state index in [2.05, 4.69) is 33.0 Å². The van der Waals surface area contributed by atoms with Crippen LogP contribution in [0.2, 0.25) is 0 Å². The topological polar surface area (TPSA) is 66.4 Å². The van der Waals surface area contributed by atoms with E-state index in [1.54, 1.807) is 30.5 Å². The molecule has 222 valence electrons. The van der Waals surface area contributed by atoms with Crippen molar-refractivity contribution in [1.82, 2.24) is 25.2 Å². The van der Waals surface area contributed by atoms with Crippen LogP contribution in [0.5, 0.6) is 6.01 Å². The predicted molar refractivity (Wildman–Crippen MR) is 161 cm³/mol. The Hall–Kier alpha value is -3.94. The van der Waals surface area contributed by atoms with Crippen molar-refractivity contribution >= 4 is 27.5 Å². The lowest BCUT2D eigenvalue weighted by Crippen LogP contribution is -2.43. The number of pyridine rings is 1. The van der Waals surface area contributed by atoms with Crippen LogP contribution >= 0.6 is 0 Å². The normalized spacial score (nSPS) is 25.3. The maximum Gasteiger partial charge on any atom is 0.319 e. The van der Waals surface area contributed by atoms with Crippen LogP contribution in [0.15, 0.2) is 36.5 Å². The second kappa shape index (κ2) is 10.6. The molecule has 0 unspecified atom stereocenters. The molecule has 3 aliphatic rings. The molecule has 4 aromatic rings. The van der Waals surface area contributed by atoms with E-state index >= 15 is 4.39 Å². The third-order valence-corrected chi connectivity index (χ3v) is 9.58. The first-order valence-corrected chi connectivity index (χ1v) is 14.8. The van der Waals surface area contributed by atoms with E-state index in [9.17, 15) is 8.78 Å². The number of nitrogens with zero attached hydrogens (tertiary/aromatic N) is 5. The smallest absolute Gasteiger partial charge is 0.319 e. The van der Waals surface area contributed by atoms with Crippen molar-refractivity contribution in [2.45, 2.75) is 56.4 Å². The van der Waals surface area contributed by atoms with Gasteiger partial charge in [0.25, 0.3) is 0 Å². The number of nitrogens with one attached hydrogen (secondary N) is 1. The van der Waals surface area contributed by atoms with E-state index < -0.39 is 23.3 Å². The molecule has 2 aromatic carbocycles. The minimum atomic E-state index is -0.899. The van der Waals surface area contributed by atoms with Crippen molar-refractivity contribution in [3.8, 4) is 29.6 Å². The Balaban J connectivity index is 1.37. The summed E-state index contributed by atoms with van der Waals surface area (Å²) in [5.41, 5.74) is 0.0586. The van der Waals surface area contributed by atoms with Gasteiger partial charge in [0.1, 0.15) is 35.6 Å². The van der Waals surface area contributed by atoms with Crippen LogP contribution in [-0.4, -0.2) is 76.9 Å². The standard InChI is InChI=1S/C33H33F3N6O/c1-4-22-25(35)10-9-20-7-5-8-23(27(20)22)29-28(36)30-24(16-38-29)31(41(3)26-11-13-37-19(26)2)40-32(39-30)43-18-33-12-6-14-42(33)17-21(34)15-33/h1,5,7-10,16,19,21,26,37H,6,11-15,17-18H2,2-3H3/t19-,21-,26-,33+/m1/s1. The molecule has 7 nitrogen and oxygen atoms in total. The molecule has 3 fully saturated rings. The van der Waals surface area contributed by atoms with Gasteiger partial charge in [-0.3, -0.25) is 9.88 Å². The second-order valence-corrected chi connectivity index (χ2v) is 12.1. The van der Waals surface area contributed by atoms with Crippen LogP contribution in [0, 0.1) is 24.0 Å². The number of halogens is 3. The summed E-state index contributed by atoms with van der Waals surface area (Å²) in [6, 6.07) is 8.49. The van der Waals surface area contributed by atoms with Gasteiger partial charge in [0.2, 0.25) is 0 Å². The van der Waals surface area contributed by atoms with Gasteiger partial charge in [0.15, 0.2) is 5.82 Å². The molecule has 1 N–H and O–H groups in total. The summed E-state index contributed by atoms with van der Waals surface area (Å²) in [7, 11) is 1.93. The maximum atomic E-state index is 16.7. The average molecular weight is 587 g/mol. The number of hydrogen-bond acceptors (Lipinski definition) is 7. The van der Waals surface area contributed by atoms with E-state index in [1.807, 2.05) is 11.9 Å². The van der Waals surface area contributed by atoms with E-state index in [-0.39, 0.29) is 41.5 Å². The highest BCUT2D eigenvalue weighted by molar-refractivity contribution is 6.02. The number of aromatic nitrogens is 3. The minimum Gasteiger partial charge on any atom is -0.461 e. The van der Waals surface area contributed by atoms with Crippen LogP contribution in [-0.2, 0) is 0 Å². The molecular weight excluding hydrogens is 553 g/mol. The second-order valence-electron chi connectivity index (χ2n) is 12.1. The van der Waals surface area contributed by atoms with Gasteiger partial charge >= 0.3 is 6.01 Å². The van der Waals surface area contributed by atoms with Crippen LogP contribution in [0.3, 0.4) is 0 Å². The number of fused-ring (bicyclic) bond motifs is 3. The Morgan fingerprint density at radius 3 is 2.88 bits per heavy atom. The van der Waals surface area contributed by atoms with Gasteiger partial charge in [0.05, 0.1) is 16.5 Å². The number of hydrogen-bond donors (Lipinski definition) is 1. The molecule has 0 bridgehead atoms. The molecule has 7 rings (SSSR count). The zero-order valence-corrected chi connectivity index (χ0v) is 24.2. The Kier molecular flexibility index (Phi) is 6.90. The molecule has 0 radical (unpaired) electrons. The van der Waals surface area contributed by atoms with Crippen LogP contribution in [0.25, 0.3) is 32.9 Å². The first kappa shape index (κ1) is 27.9. The first-order valence-electron chi connectivity index (χ1n) is 14.8. The fourth-order valence-electron chi connectivity index (χ4n) is 7.41. The van der Waals surface area contributed by atoms with Gasteiger partial charge in [-0.05, 0) is 50.7 Å². The largest absolute Gasteiger partial charge is 0.461 e. The number of anilines is 1. The predicted octanol–water partition coefficient (Wildman–Crippen LogP) is 5.25. The first-order chi connectivity index (χ1) is 20.8. The van der Waals surface area contributed by atoms with Gasteiger partial charge < -0.3 is 15.0 Å². The van der Waals surface area contributed by atoms with Crippen molar-refractivity contribution in [2.75, 3.05) is 38.2 Å². The summed E-state index contributed by atoms with van der Waals surface area (Å²) in [6.07, 6.45) is 9.44. The Morgan fingerprint density at radius 2 is 2.09 bits per heavy atom. The van der Waals surface area contributed by atoms with Gasteiger partial charge in [-0.2, -0.15) is 9.97 Å². The van der Waals surface area contributed by atoms with Gasteiger partial charge in [-0.1, -0.05) is 30.2 Å². The fourth-order valence-corrected chi connectivity index (χ4v) is 7.41. The number of ether oxygens (including phenoxy) is 1. The lowest BCUT2D eigenvalue weighted by Gasteiger charge is -2.31. The zero-order chi connectivity index (χ0) is 29.9. The third kappa shape index (κ3) is 4.57. The number of likely N-dealkylation sites (N-methyl/N-ethyl adjacent to an activating group) is 1. The Labute approximate surface area is 248 Å². The maximum absolute atomic E-state index is 16.7. The lowest BCUT2D eigenvalue weighted by molar-refractivity contribution is 0.107. The van der Waals surface area contributed by atoms with Crippen molar-refractivity contribution in [3.05, 3.63) is 53.7 Å². The summed E-state index contributed by atoms with van der Waals surface area (Å²) in [6.45, 7) is 4.42. The van der Waals surface area contributed by atoms with Crippen LogP contribution in [0.1, 0.15) is 38.2 Å². The Morgan fingerprint density at radius 1 is 1.23 bits per heavy atom. The van der Waals surface area contributed by atoms with Crippen LogP contribution < -0.4 is 15.0 Å². The number of terminal acetylenes is 1. The molecule has 0 saturated carbocycles. The fraction of sp³-hybridized carbons (Fsp3) is 0.424. The van der Waals surface area contributed by atoms with Crippen molar-refractivity contribution < 1.29 is 17.9 Å². The third-order valence-electron chi connectivity index (χ3n) is 9.58. The molecule has 10 heteroatoms. The van der Waals surface area contributed by atoms with Crippen molar-refractivity contribution in [2.24, 2.45) is 0 Å². The summed E-state index contributed by atoms with van der Waals surface area (Å²) in [5, 5.41) is 4.97. The van der Waals surface area contributed by atoms with E-state index in [0.29, 0.717) is 40.5 Å². The molecule has 3 saturated heterocycles. The van der Waals surface area contributed by atoms with Gasteiger partial charge in [-0.15, -0.1) is 6.42 Å². The van der Waals surface area contributed by atoms with Crippen LogP contribution in [0.4, 0.5) is 19.0 Å². The zero-order valence-electron chi connectivity index (χ0n) is 24.2. The quantitative estimate of drug-likeness (QED) is 0.310. The van der Waals surface area contributed by atoms with E-state index in [1.165, 1.54) is 6.07 Å². The van der Waals surface area contributed by atoms with E-state index in [4.69, 9.17) is 16.1 Å². The molecule has 43 heavy (non-hydrogen) atoms. The number of rotatable bonds is 6. The molecule has 4 atom stereocenters. The monoisotopic (exact) mass is 586 g/mol. The molecule has 5 heterocycles. The summed E-state index contributed by atoms with van der Waals surface area (Å²) in [4.78, 5) is 18.1. The summed E-state index contributed by atoms with van der Waals surface area (Å²) < 4.78 is 52.0. The molecule has 0 spiro atoms. The molecule has 0 aliphatic carbocycles. The molecule has 3 aliphatic heterocycles. The summed E-state index contributed by atoms with van der Waals surface area (Å²) in [5.74, 6) is 1.68. The highest BCUT2D eigenvalue weighted by Crippen LogP contribution is 2.41. The van der Waals surface area contributed by atoms with E-state index in [0.717, 1.165) is 32.4 Å². The minimum absolute atomic E-state index is 0.00554.